The lowest BCUT2D eigenvalue weighted by Gasteiger charge is -2.28. The first-order valence-electron chi connectivity index (χ1n) is 8.65. The molecular formula is C20H23FN2O3. The SMILES string of the molecule is COc1ccc([C@H](NCC(=O)N2CCOCC2)c2ccc(F)cc2)cc1. The Morgan fingerprint density at radius 1 is 1.12 bits per heavy atom. The van der Waals surface area contributed by atoms with Gasteiger partial charge in [0.1, 0.15) is 11.6 Å². The zero-order valence-corrected chi connectivity index (χ0v) is 14.8. The monoisotopic (exact) mass is 358 g/mol. The Balaban J connectivity index is 1.75. The highest BCUT2D eigenvalue weighted by Gasteiger charge is 2.20. The second-order valence-corrected chi connectivity index (χ2v) is 6.13. The predicted octanol–water partition coefficient (Wildman–Crippen LogP) is 2.37. The molecule has 0 spiro atoms. The number of benzene rings is 2. The average molecular weight is 358 g/mol. The molecule has 2 aromatic carbocycles. The molecule has 1 heterocycles. The van der Waals surface area contributed by atoms with Crippen molar-refractivity contribution >= 4 is 5.91 Å². The molecule has 26 heavy (non-hydrogen) atoms. The fourth-order valence-corrected chi connectivity index (χ4v) is 2.99. The minimum atomic E-state index is -0.286. The van der Waals surface area contributed by atoms with Gasteiger partial charge in [-0.25, -0.2) is 4.39 Å². The van der Waals surface area contributed by atoms with Gasteiger partial charge < -0.3 is 14.4 Å². The quantitative estimate of drug-likeness (QED) is 0.861. The van der Waals surface area contributed by atoms with Crippen LogP contribution in [0.5, 0.6) is 5.75 Å². The van der Waals surface area contributed by atoms with E-state index in [0.717, 1.165) is 16.9 Å². The molecule has 5 nitrogen and oxygen atoms in total. The van der Waals surface area contributed by atoms with E-state index in [4.69, 9.17) is 9.47 Å². The van der Waals surface area contributed by atoms with E-state index >= 15 is 0 Å². The van der Waals surface area contributed by atoms with E-state index in [0.29, 0.717) is 26.3 Å². The maximum absolute atomic E-state index is 13.3. The Morgan fingerprint density at radius 2 is 1.69 bits per heavy atom. The summed E-state index contributed by atoms with van der Waals surface area (Å²) in [6.45, 7) is 2.58. The van der Waals surface area contributed by atoms with Crippen LogP contribution in [-0.2, 0) is 9.53 Å². The van der Waals surface area contributed by atoms with Crippen molar-refractivity contribution in [3.8, 4) is 5.75 Å². The standard InChI is InChI=1S/C20H23FN2O3/c1-25-18-8-4-16(5-9-18)20(15-2-6-17(21)7-3-15)22-14-19(24)23-10-12-26-13-11-23/h2-9,20,22H,10-14H2,1H3/t20-/m1/s1. The molecule has 3 rings (SSSR count). The summed E-state index contributed by atoms with van der Waals surface area (Å²) in [6, 6.07) is 13.7. The van der Waals surface area contributed by atoms with Crippen molar-refractivity contribution in [2.24, 2.45) is 0 Å². The molecular weight excluding hydrogens is 335 g/mol. The molecule has 1 aliphatic heterocycles. The Morgan fingerprint density at radius 3 is 2.27 bits per heavy atom. The van der Waals surface area contributed by atoms with Crippen LogP contribution < -0.4 is 10.1 Å². The van der Waals surface area contributed by atoms with Crippen molar-refractivity contribution in [3.05, 3.63) is 65.5 Å². The summed E-state index contributed by atoms with van der Waals surface area (Å²) in [6.07, 6.45) is 0. The second kappa shape index (κ2) is 8.78. The summed E-state index contributed by atoms with van der Waals surface area (Å²) >= 11 is 0. The summed E-state index contributed by atoms with van der Waals surface area (Å²) in [5, 5.41) is 3.31. The smallest absolute Gasteiger partial charge is 0.236 e. The van der Waals surface area contributed by atoms with E-state index in [1.165, 1.54) is 12.1 Å². The maximum Gasteiger partial charge on any atom is 0.236 e. The van der Waals surface area contributed by atoms with Crippen LogP contribution in [0.3, 0.4) is 0 Å². The average Bonchev–Trinajstić information content (AvgIpc) is 2.70. The highest BCUT2D eigenvalue weighted by atomic mass is 19.1. The topological polar surface area (TPSA) is 50.8 Å². The third kappa shape index (κ3) is 4.59. The third-order valence-corrected chi connectivity index (χ3v) is 4.47. The highest BCUT2D eigenvalue weighted by molar-refractivity contribution is 5.78. The van der Waals surface area contributed by atoms with E-state index in [1.807, 2.05) is 24.3 Å². The molecule has 2 aromatic rings. The van der Waals surface area contributed by atoms with Crippen molar-refractivity contribution in [3.63, 3.8) is 0 Å². The number of morpholine rings is 1. The normalized spacial score (nSPS) is 15.5. The van der Waals surface area contributed by atoms with E-state index in [9.17, 15) is 9.18 Å². The second-order valence-electron chi connectivity index (χ2n) is 6.13. The number of ether oxygens (including phenoxy) is 2. The van der Waals surface area contributed by atoms with Crippen molar-refractivity contribution in [2.75, 3.05) is 40.0 Å². The molecule has 1 atom stereocenters. The van der Waals surface area contributed by atoms with Crippen LogP contribution in [0, 0.1) is 5.82 Å². The zero-order valence-electron chi connectivity index (χ0n) is 14.8. The number of hydrogen-bond acceptors (Lipinski definition) is 4. The summed E-state index contributed by atoms with van der Waals surface area (Å²) in [5.41, 5.74) is 1.87. The van der Waals surface area contributed by atoms with Gasteiger partial charge in [0, 0.05) is 13.1 Å². The van der Waals surface area contributed by atoms with Gasteiger partial charge in [-0.1, -0.05) is 24.3 Å². The maximum atomic E-state index is 13.3. The summed E-state index contributed by atoms with van der Waals surface area (Å²) in [5.74, 6) is 0.511. The molecule has 1 amide bonds. The Hall–Kier alpha value is -2.44. The molecule has 138 valence electrons. The van der Waals surface area contributed by atoms with Crippen LogP contribution in [0.4, 0.5) is 4.39 Å². The third-order valence-electron chi connectivity index (χ3n) is 4.47. The molecule has 1 saturated heterocycles. The van der Waals surface area contributed by atoms with E-state index < -0.39 is 0 Å². The van der Waals surface area contributed by atoms with Gasteiger partial charge in [-0.3, -0.25) is 10.1 Å². The number of rotatable bonds is 6. The van der Waals surface area contributed by atoms with Gasteiger partial charge >= 0.3 is 0 Å². The fourth-order valence-electron chi connectivity index (χ4n) is 2.99. The molecule has 0 radical (unpaired) electrons. The summed E-state index contributed by atoms with van der Waals surface area (Å²) in [7, 11) is 1.62. The number of amides is 1. The first-order valence-corrected chi connectivity index (χ1v) is 8.65. The first-order chi connectivity index (χ1) is 12.7. The predicted molar refractivity (Wildman–Crippen MR) is 96.6 cm³/mol. The Bertz CT molecular complexity index is 713. The van der Waals surface area contributed by atoms with Crippen LogP contribution >= 0.6 is 0 Å². The molecule has 0 aromatic heterocycles. The number of carbonyl (C=O) groups is 1. The molecule has 1 aliphatic rings. The fraction of sp³-hybridized carbons (Fsp3) is 0.350. The molecule has 1 fully saturated rings. The van der Waals surface area contributed by atoms with Gasteiger partial charge in [0.25, 0.3) is 0 Å². The number of carbonyl (C=O) groups excluding carboxylic acids is 1. The van der Waals surface area contributed by atoms with Crippen molar-refractivity contribution < 1.29 is 18.7 Å². The van der Waals surface area contributed by atoms with Gasteiger partial charge in [0.05, 0.1) is 32.9 Å². The van der Waals surface area contributed by atoms with Crippen molar-refractivity contribution in [1.29, 1.82) is 0 Å². The van der Waals surface area contributed by atoms with Gasteiger partial charge in [0.15, 0.2) is 0 Å². The number of hydrogen-bond donors (Lipinski definition) is 1. The summed E-state index contributed by atoms with van der Waals surface area (Å²) in [4.78, 5) is 14.2. The van der Waals surface area contributed by atoms with Crippen LogP contribution in [0.25, 0.3) is 0 Å². The summed E-state index contributed by atoms with van der Waals surface area (Å²) < 4.78 is 23.8. The van der Waals surface area contributed by atoms with Crippen LogP contribution in [-0.4, -0.2) is 50.8 Å². The lowest BCUT2D eigenvalue weighted by Crippen LogP contribution is -2.45. The van der Waals surface area contributed by atoms with Gasteiger partial charge in [-0.05, 0) is 35.4 Å². The Labute approximate surface area is 152 Å². The zero-order chi connectivity index (χ0) is 18.4. The van der Waals surface area contributed by atoms with Crippen molar-refractivity contribution in [2.45, 2.75) is 6.04 Å². The Kier molecular flexibility index (Phi) is 6.20. The lowest BCUT2D eigenvalue weighted by molar-refractivity contribution is -0.134. The van der Waals surface area contributed by atoms with Gasteiger partial charge in [-0.2, -0.15) is 0 Å². The van der Waals surface area contributed by atoms with E-state index in [2.05, 4.69) is 5.32 Å². The van der Waals surface area contributed by atoms with Crippen LogP contribution in [0.2, 0.25) is 0 Å². The minimum absolute atomic E-state index is 0.0360. The van der Waals surface area contributed by atoms with E-state index in [-0.39, 0.29) is 24.3 Å². The van der Waals surface area contributed by atoms with Gasteiger partial charge in [-0.15, -0.1) is 0 Å². The molecule has 0 saturated carbocycles. The first kappa shape index (κ1) is 18.4. The van der Waals surface area contributed by atoms with Gasteiger partial charge in [0.2, 0.25) is 5.91 Å². The minimum Gasteiger partial charge on any atom is -0.497 e. The van der Waals surface area contributed by atoms with Crippen LogP contribution in [0.1, 0.15) is 17.2 Å². The number of nitrogens with zero attached hydrogens (tertiary/aromatic N) is 1. The molecule has 0 aliphatic carbocycles. The number of methoxy groups -OCH3 is 1. The number of nitrogens with one attached hydrogen (secondary N) is 1. The van der Waals surface area contributed by atoms with Crippen molar-refractivity contribution in [1.82, 2.24) is 10.2 Å². The molecule has 6 heteroatoms. The highest BCUT2D eigenvalue weighted by Crippen LogP contribution is 2.24. The molecule has 0 unspecified atom stereocenters. The molecule has 0 bridgehead atoms. The number of halogens is 1. The van der Waals surface area contributed by atoms with E-state index in [1.54, 1.807) is 24.1 Å². The lowest BCUT2D eigenvalue weighted by atomic mass is 9.98. The largest absolute Gasteiger partial charge is 0.497 e. The molecule has 1 N–H and O–H groups in total. The van der Waals surface area contributed by atoms with Crippen LogP contribution in [0.15, 0.2) is 48.5 Å².